The van der Waals surface area contributed by atoms with Crippen molar-refractivity contribution in [1.82, 2.24) is 0 Å². The molecule has 0 aromatic carbocycles. The number of nitrogens with two attached hydrogens (primary N) is 1. The number of ether oxygens (including phenoxy) is 1. The molecule has 0 saturated heterocycles. The van der Waals surface area contributed by atoms with E-state index in [-0.39, 0.29) is 0 Å². The van der Waals surface area contributed by atoms with E-state index in [4.69, 9.17) is 10.5 Å². The van der Waals surface area contributed by atoms with Crippen molar-refractivity contribution >= 4 is 0 Å². The molecule has 4 aliphatic rings. The number of allylic oxidation sites excluding steroid dienone is 12. The van der Waals surface area contributed by atoms with Crippen LogP contribution in [0, 0.1) is 29.6 Å². The third-order valence-electron chi connectivity index (χ3n) is 7.11. The van der Waals surface area contributed by atoms with Crippen molar-refractivity contribution in [2.45, 2.75) is 46.0 Å². The van der Waals surface area contributed by atoms with Crippen LogP contribution in [0.5, 0.6) is 0 Å². The third kappa shape index (κ3) is 4.81. The minimum absolute atomic E-state index is 0.298. The monoisotopic (exact) mass is 403 g/mol. The van der Waals surface area contributed by atoms with Crippen molar-refractivity contribution in [1.29, 1.82) is 0 Å². The summed E-state index contributed by atoms with van der Waals surface area (Å²) in [6.45, 7) is 10.2. The first-order valence-corrected chi connectivity index (χ1v) is 11.7. The van der Waals surface area contributed by atoms with Gasteiger partial charge in [-0.25, -0.2) is 0 Å². The first-order valence-electron chi connectivity index (χ1n) is 11.7. The molecular weight excluding hydrogens is 366 g/mol. The fourth-order valence-electron chi connectivity index (χ4n) is 5.16. The fourth-order valence-corrected chi connectivity index (χ4v) is 5.16. The molecule has 4 aliphatic carbocycles. The van der Waals surface area contributed by atoms with Gasteiger partial charge in [-0.2, -0.15) is 0 Å². The molecule has 30 heavy (non-hydrogen) atoms. The summed E-state index contributed by atoms with van der Waals surface area (Å²) < 4.78 is 6.36. The topological polar surface area (TPSA) is 35.2 Å². The normalized spacial score (nSPS) is 33.5. The van der Waals surface area contributed by atoms with E-state index in [0.29, 0.717) is 30.9 Å². The Balaban J connectivity index is 1.55. The van der Waals surface area contributed by atoms with Gasteiger partial charge in [-0.1, -0.05) is 60.3 Å². The van der Waals surface area contributed by atoms with Crippen LogP contribution in [0.3, 0.4) is 0 Å². The van der Waals surface area contributed by atoms with E-state index in [2.05, 4.69) is 69.0 Å². The molecule has 2 nitrogen and oxygen atoms in total. The number of hydrogen-bond acceptors (Lipinski definition) is 2. The summed E-state index contributed by atoms with van der Waals surface area (Å²) in [7, 11) is 0. The Morgan fingerprint density at radius 1 is 1.17 bits per heavy atom. The van der Waals surface area contributed by atoms with Gasteiger partial charge >= 0.3 is 0 Å². The minimum Gasteiger partial charge on any atom is -0.498 e. The lowest BCUT2D eigenvalue weighted by molar-refractivity contribution is 0.170. The standard InChI is InChI=1S/C28H37NO/c1-4-21-15-26(23-8-5-7-19(2)13-23)18-28(30-12-6-11-29)27(21)14-20(3)22-9-10-24-17-25(24)16-22/h4-5,7,9-10,13,16,18,23-27H,3,6,8,11-12,14-15,17,29H2,1-2H3. The predicted molar refractivity (Wildman–Crippen MR) is 127 cm³/mol. The SMILES string of the molecule is C=C(CC1C(=CC)CC(C2C=C(C)C=CC2)C=C1OCCCN)C1=CC2CC2C=C1. The summed E-state index contributed by atoms with van der Waals surface area (Å²) in [5.41, 5.74) is 11.2. The highest BCUT2D eigenvalue weighted by atomic mass is 16.5. The molecule has 0 spiro atoms. The van der Waals surface area contributed by atoms with Crippen molar-refractivity contribution in [2.75, 3.05) is 13.2 Å². The molecule has 0 heterocycles. The van der Waals surface area contributed by atoms with Gasteiger partial charge in [0.05, 0.1) is 12.4 Å². The van der Waals surface area contributed by atoms with Crippen LogP contribution in [-0.4, -0.2) is 13.2 Å². The molecule has 0 aromatic rings. The van der Waals surface area contributed by atoms with Crippen LogP contribution in [0.1, 0.15) is 46.0 Å². The smallest absolute Gasteiger partial charge is 0.0997 e. The second kappa shape index (κ2) is 9.39. The highest BCUT2D eigenvalue weighted by Crippen LogP contribution is 2.47. The Kier molecular flexibility index (Phi) is 6.63. The Morgan fingerprint density at radius 3 is 2.77 bits per heavy atom. The highest BCUT2D eigenvalue weighted by Gasteiger charge is 2.36. The zero-order valence-corrected chi connectivity index (χ0v) is 18.6. The number of fused-ring (bicyclic) bond motifs is 1. The number of rotatable bonds is 8. The molecule has 5 atom stereocenters. The zero-order chi connectivity index (χ0) is 21.1. The van der Waals surface area contributed by atoms with Crippen LogP contribution in [0.15, 0.2) is 83.2 Å². The molecule has 5 unspecified atom stereocenters. The van der Waals surface area contributed by atoms with Crippen molar-refractivity contribution in [3.8, 4) is 0 Å². The second-order valence-corrected chi connectivity index (χ2v) is 9.41. The summed E-state index contributed by atoms with van der Waals surface area (Å²) in [5.74, 6) is 4.03. The first-order chi connectivity index (χ1) is 14.6. The maximum atomic E-state index is 6.36. The third-order valence-corrected chi connectivity index (χ3v) is 7.11. The van der Waals surface area contributed by atoms with E-state index in [1.807, 2.05) is 0 Å². The lowest BCUT2D eigenvalue weighted by Gasteiger charge is -2.35. The average Bonchev–Trinajstić information content (AvgIpc) is 3.53. The molecule has 0 aromatic heterocycles. The lowest BCUT2D eigenvalue weighted by atomic mass is 9.72. The molecular formula is C28H37NO. The van der Waals surface area contributed by atoms with Crippen LogP contribution in [0.2, 0.25) is 0 Å². The van der Waals surface area contributed by atoms with Gasteiger partial charge in [-0.3, -0.25) is 0 Å². The first kappa shape index (κ1) is 21.2. The van der Waals surface area contributed by atoms with Gasteiger partial charge in [0.25, 0.3) is 0 Å². The quantitative estimate of drug-likeness (QED) is 0.375. The van der Waals surface area contributed by atoms with Gasteiger partial charge in [0.1, 0.15) is 0 Å². The molecule has 2 N–H and O–H groups in total. The Hall–Kier alpha value is -2.06. The molecule has 160 valence electrons. The molecule has 0 amide bonds. The molecule has 2 heteroatoms. The molecule has 1 fully saturated rings. The van der Waals surface area contributed by atoms with Gasteiger partial charge in [-0.05, 0) is 93.4 Å². The maximum Gasteiger partial charge on any atom is 0.0997 e. The van der Waals surface area contributed by atoms with Crippen molar-refractivity contribution < 1.29 is 4.74 Å². The Morgan fingerprint density at radius 2 is 2.03 bits per heavy atom. The van der Waals surface area contributed by atoms with Gasteiger partial charge in [0.15, 0.2) is 0 Å². The average molecular weight is 404 g/mol. The van der Waals surface area contributed by atoms with Crippen LogP contribution >= 0.6 is 0 Å². The summed E-state index contributed by atoms with van der Waals surface area (Å²) in [6.07, 6.45) is 24.2. The van der Waals surface area contributed by atoms with Gasteiger partial charge in [-0.15, -0.1) is 0 Å². The van der Waals surface area contributed by atoms with Gasteiger partial charge < -0.3 is 10.5 Å². The van der Waals surface area contributed by atoms with E-state index in [1.54, 1.807) is 0 Å². The molecule has 4 rings (SSSR count). The summed E-state index contributed by atoms with van der Waals surface area (Å²) in [6, 6.07) is 0. The van der Waals surface area contributed by atoms with Gasteiger partial charge in [0, 0.05) is 5.92 Å². The van der Waals surface area contributed by atoms with Crippen LogP contribution in [0.4, 0.5) is 0 Å². The second-order valence-electron chi connectivity index (χ2n) is 9.41. The van der Waals surface area contributed by atoms with E-state index in [1.165, 1.54) is 28.7 Å². The summed E-state index contributed by atoms with van der Waals surface area (Å²) in [4.78, 5) is 0. The largest absolute Gasteiger partial charge is 0.498 e. The maximum absolute atomic E-state index is 6.36. The summed E-state index contributed by atoms with van der Waals surface area (Å²) >= 11 is 0. The Labute approximate surface area is 182 Å². The van der Waals surface area contributed by atoms with E-state index >= 15 is 0 Å². The van der Waals surface area contributed by atoms with E-state index < -0.39 is 0 Å². The fraction of sp³-hybridized carbons (Fsp3) is 0.500. The van der Waals surface area contributed by atoms with Crippen molar-refractivity contribution in [2.24, 2.45) is 35.3 Å². The zero-order valence-electron chi connectivity index (χ0n) is 18.6. The van der Waals surface area contributed by atoms with E-state index in [9.17, 15) is 0 Å². The lowest BCUT2D eigenvalue weighted by Crippen LogP contribution is -2.25. The minimum atomic E-state index is 0.298. The van der Waals surface area contributed by atoms with Crippen molar-refractivity contribution in [3.05, 3.63) is 83.2 Å². The van der Waals surface area contributed by atoms with Crippen molar-refractivity contribution in [3.63, 3.8) is 0 Å². The summed E-state index contributed by atoms with van der Waals surface area (Å²) in [5, 5.41) is 0. The Bertz CT molecular complexity index is 850. The van der Waals surface area contributed by atoms with Gasteiger partial charge in [0.2, 0.25) is 0 Å². The molecule has 0 bridgehead atoms. The highest BCUT2D eigenvalue weighted by molar-refractivity contribution is 5.45. The van der Waals surface area contributed by atoms with E-state index in [0.717, 1.165) is 43.3 Å². The van der Waals surface area contributed by atoms with Crippen LogP contribution < -0.4 is 5.73 Å². The van der Waals surface area contributed by atoms with Crippen LogP contribution in [0.25, 0.3) is 0 Å². The number of hydrogen-bond donors (Lipinski definition) is 1. The molecule has 1 saturated carbocycles. The predicted octanol–water partition coefficient (Wildman–Crippen LogP) is 6.42. The van der Waals surface area contributed by atoms with Crippen LogP contribution in [-0.2, 0) is 4.74 Å². The molecule has 0 radical (unpaired) electrons. The molecule has 0 aliphatic heterocycles.